The lowest BCUT2D eigenvalue weighted by molar-refractivity contribution is -0.132. The SMILES string of the molecule is NC(=O)C1C2CC3C(NC(=O)C31)C2O. The second-order valence-electron chi connectivity index (χ2n) is 4.54. The molecule has 5 heteroatoms. The molecule has 14 heavy (non-hydrogen) atoms. The standard InChI is InChI=1S/C9H12N2O3/c10-8(13)4-3-1-2-5(4)9(14)11-6(2)7(3)12/h2-7,12H,1H2,(H2,10,13)(H,11,14). The Labute approximate surface area is 80.6 Å². The van der Waals surface area contributed by atoms with E-state index in [2.05, 4.69) is 5.32 Å². The molecule has 0 radical (unpaired) electrons. The predicted octanol–water partition coefficient (Wildman–Crippen LogP) is -1.79. The summed E-state index contributed by atoms with van der Waals surface area (Å²) in [5.41, 5.74) is 5.26. The van der Waals surface area contributed by atoms with E-state index in [0.717, 1.165) is 6.42 Å². The van der Waals surface area contributed by atoms with Crippen LogP contribution in [0.1, 0.15) is 6.42 Å². The van der Waals surface area contributed by atoms with Crippen molar-refractivity contribution in [1.82, 2.24) is 5.32 Å². The van der Waals surface area contributed by atoms with Crippen molar-refractivity contribution >= 4 is 11.8 Å². The van der Waals surface area contributed by atoms with Crippen LogP contribution in [0.4, 0.5) is 0 Å². The van der Waals surface area contributed by atoms with Gasteiger partial charge in [-0.1, -0.05) is 0 Å². The second kappa shape index (κ2) is 2.28. The highest BCUT2D eigenvalue weighted by atomic mass is 16.3. The largest absolute Gasteiger partial charge is 0.391 e. The van der Waals surface area contributed by atoms with Crippen LogP contribution in [0.25, 0.3) is 0 Å². The van der Waals surface area contributed by atoms with E-state index in [-0.39, 0.29) is 29.7 Å². The summed E-state index contributed by atoms with van der Waals surface area (Å²) < 4.78 is 0. The summed E-state index contributed by atoms with van der Waals surface area (Å²) >= 11 is 0. The zero-order valence-corrected chi connectivity index (χ0v) is 7.51. The summed E-state index contributed by atoms with van der Waals surface area (Å²) in [5.74, 6) is -1.26. The Bertz CT molecular complexity index is 330. The Balaban J connectivity index is 2.04. The molecule has 6 atom stereocenters. The van der Waals surface area contributed by atoms with Crippen molar-refractivity contribution in [2.45, 2.75) is 18.6 Å². The lowest BCUT2D eigenvalue weighted by Gasteiger charge is -2.27. The molecule has 3 rings (SSSR count). The van der Waals surface area contributed by atoms with Gasteiger partial charge in [-0.05, 0) is 18.3 Å². The van der Waals surface area contributed by atoms with E-state index < -0.39 is 17.9 Å². The van der Waals surface area contributed by atoms with Crippen LogP contribution in [0.2, 0.25) is 0 Å². The lowest BCUT2D eigenvalue weighted by Crippen LogP contribution is -2.44. The number of nitrogens with one attached hydrogen (secondary N) is 1. The van der Waals surface area contributed by atoms with E-state index in [1.165, 1.54) is 0 Å². The van der Waals surface area contributed by atoms with Gasteiger partial charge in [-0.3, -0.25) is 9.59 Å². The fraction of sp³-hybridized carbons (Fsp3) is 0.778. The zero-order chi connectivity index (χ0) is 10.0. The van der Waals surface area contributed by atoms with Crippen LogP contribution in [0.3, 0.4) is 0 Å². The maximum atomic E-state index is 11.5. The molecule has 2 bridgehead atoms. The number of amides is 2. The Morgan fingerprint density at radius 1 is 1.50 bits per heavy atom. The summed E-state index contributed by atoms with van der Waals surface area (Å²) in [4.78, 5) is 22.7. The van der Waals surface area contributed by atoms with Crippen molar-refractivity contribution < 1.29 is 14.7 Å². The van der Waals surface area contributed by atoms with Gasteiger partial charge in [0.05, 0.1) is 24.0 Å². The minimum atomic E-state index is -0.583. The zero-order valence-electron chi connectivity index (χ0n) is 7.51. The topological polar surface area (TPSA) is 92.4 Å². The molecule has 0 aromatic rings. The number of fused-ring (bicyclic) bond motifs is 1. The highest BCUT2D eigenvalue weighted by molar-refractivity contribution is 5.91. The highest BCUT2D eigenvalue weighted by Crippen LogP contribution is 2.55. The third-order valence-corrected chi connectivity index (χ3v) is 4.06. The number of rotatable bonds is 1. The third-order valence-electron chi connectivity index (χ3n) is 4.06. The van der Waals surface area contributed by atoms with E-state index in [9.17, 15) is 14.7 Å². The molecule has 76 valence electrons. The van der Waals surface area contributed by atoms with Crippen molar-refractivity contribution in [3.05, 3.63) is 0 Å². The molecule has 3 fully saturated rings. The monoisotopic (exact) mass is 196 g/mol. The molecule has 3 aliphatic rings. The van der Waals surface area contributed by atoms with Crippen LogP contribution >= 0.6 is 0 Å². The average molecular weight is 196 g/mol. The molecule has 6 unspecified atom stereocenters. The first-order chi connectivity index (χ1) is 6.61. The first kappa shape index (κ1) is 8.23. The van der Waals surface area contributed by atoms with Gasteiger partial charge in [-0.15, -0.1) is 0 Å². The molecule has 2 amide bonds. The molecule has 0 aromatic heterocycles. The van der Waals surface area contributed by atoms with Gasteiger partial charge in [-0.2, -0.15) is 0 Å². The molecule has 2 saturated carbocycles. The van der Waals surface area contributed by atoms with E-state index in [4.69, 9.17) is 5.73 Å². The summed E-state index contributed by atoms with van der Waals surface area (Å²) in [5, 5.41) is 12.6. The molecular weight excluding hydrogens is 184 g/mol. The average Bonchev–Trinajstić information content (AvgIpc) is 2.67. The van der Waals surface area contributed by atoms with Crippen molar-refractivity contribution in [3.63, 3.8) is 0 Å². The van der Waals surface area contributed by atoms with E-state index >= 15 is 0 Å². The minimum absolute atomic E-state index is 0.105. The summed E-state index contributed by atoms with van der Waals surface area (Å²) in [7, 11) is 0. The van der Waals surface area contributed by atoms with E-state index in [1.807, 2.05) is 0 Å². The number of carbonyl (C=O) groups excluding carboxylic acids is 2. The maximum absolute atomic E-state index is 11.5. The van der Waals surface area contributed by atoms with Gasteiger partial charge in [0, 0.05) is 0 Å². The minimum Gasteiger partial charge on any atom is -0.391 e. The maximum Gasteiger partial charge on any atom is 0.224 e. The van der Waals surface area contributed by atoms with Crippen LogP contribution in [0.5, 0.6) is 0 Å². The predicted molar refractivity (Wildman–Crippen MR) is 45.7 cm³/mol. The van der Waals surface area contributed by atoms with Crippen LogP contribution in [0, 0.1) is 23.7 Å². The summed E-state index contributed by atoms with van der Waals surface area (Å²) in [6.45, 7) is 0. The molecule has 4 N–H and O–H groups in total. The van der Waals surface area contributed by atoms with Crippen molar-refractivity contribution in [2.24, 2.45) is 29.4 Å². The van der Waals surface area contributed by atoms with Gasteiger partial charge in [0.25, 0.3) is 0 Å². The number of hydrogen-bond donors (Lipinski definition) is 3. The number of aliphatic hydroxyl groups is 1. The molecule has 0 aromatic carbocycles. The number of nitrogens with two attached hydrogens (primary N) is 1. The summed E-state index contributed by atoms with van der Waals surface area (Å²) in [6, 6.07) is -0.131. The summed E-state index contributed by atoms with van der Waals surface area (Å²) in [6.07, 6.45) is 0.170. The molecule has 1 heterocycles. The van der Waals surface area contributed by atoms with Crippen LogP contribution in [-0.4, -0.2) is 29.1 Å². The molecule has 0 spiro atoms. The molecule has 1 saturated heterocycles. The number of carbonyl (C=O) groups is 2. The molecule has 1 aliphatic heterocycles. The Hall–Kier alpha value is -1.10. The quantitative estimate of drug-likeness (QED) is 0.462. The van der Waals surface area contributed by atoms with E-state index in [1.54, 1.807) is 0 Å². The van der Waals surface area contributed by atoms with Crippen LogP contribution < -0.4 is 11.1 Å². The number of hydrogen-bond acceptors (Lipinski definition) is 3. The molecule has 5 nitrogen and oxygen atoms in total. The molecule has 2 aliphatic carbocycles. The fourth-order valence-corrected chi connectivity index (χ4v) is 3.58. The van der Waals surface area contributed by atoms with Crippen molar-refractivity contribution in [3.8, 4) is 0 Å². The smallest absolute Gasteiger partial charge is 0.224 e. The van der Waals surface area contributed by atoms with E-state index in [0.29, 0.717) is 0 Å². The van der Waals surface area contributed by atoms with Gasteiger partial charge in [0.1, 0.15) is 0 Å². The number of primary amides is 1. The van der Waals surface area contributed by atoms with Gasteiger partial charge in [-0.25, -0.2) is 0 Å². The molecular formula is C9H12N2O3. The third kappa shape index (κ3) is 0.706. The van der Waals surface area contributed by atoms with Gasteiger partial charge in [0.2, 0.25) is 11.8 Å². The fourth-order valence-electron chi connectivity index (χ4n) is 3.58. The van der Waals surface area contributed by atoms with Gasteiger partial charge in [0.15, 0.2) is 0 Å². The van der Waals surface area contributed by atoms with Crippen LogP contribution in [-0.2, 0) is 9.59 Å². The van der Waals surface area contributed by atoms with Gasteiger partial charge < -0.3 is 16.2 Å². The Morgan fingerprint density at radius 3 is 2.86 bits per heavy atom. The Kier molecular flexibility index (Phi) is 1.34. The number of aliphatic hydroxyl groups excluding tert-OH is 1. The first-order valence-corrected chi connectivity index (χ1v) is 4.89. The normalized spacial score (nSPS) is 53.6. The first-order valence-electron chi connectivity index (χ1n) is 4.89. The van der Waals surface area contributed by atoms with Crippen molar-refractivity contribution in [1.29, 1.82) is 0 Å². The van der Waals surface area contributed by atoms with Gasteiger partial charge >= 0.3 is 0 Å². The highest BCUT2D eigenvalue weighted by Gasteiger charge is 2.65. The van der Waals surface area contributed by atoms with Crippen LogP contribution in [0.15, 0.2) is 0 Å². The second-order valence-corrected chi connectivity index (χ2v) is 4.54. The Morgan fingerprint density at radius 2 is 2.21 bits per heavy atom. The lowest BCUT2D eigenvalue weighted by atomic mass is 9.78. The van der Waals surface area contributed by atoms with Crippen molar-refractivity contribution in [2.75, 3.05) is 0 Å².